The molecule has 1 heteroatoms. The van der Waals surface area contributed by atoms with Crippen molar-refractivity contribution in [2.75, 3.05) is 6.16 Å². The fraction of sp³-hybridized carbons (Fsp3) is 0.368. The van der Waals surface area contributed by atoms with E-state index < -0.39 is 0 Å². The van der Waals surface area contributed by atoms with Crippen LogP contribution < -0.4 is 0 Å². The van der Waals surface area contributed by atoms with E-state index in [1.807, 2.05) is 0 Å². The van der Waals surface area contributed by atoms with Crippen LogP contribution in [0.5, 0.6) is 0 Å². The summed E-state index contributed by atoms with van der Waals surface area (Å²) in [6, 6.07) is 22.0. The minimum Gasteiger partial charge on any atom is -0.0977 e. The molecule has 0 aliphatic heterocycles. The summed E-state index contributed by atoms with van der Waals surface area (Å²) >= 11 is 0. The Hall–Kier alpha value is -1.13. The lowest BCUT2D eigenvalue weighted by Gasteiger charge is -2.18. The maximum atomic E-state index is 2.29. The lowest BCUT2D eigenvalue weighted by Crippen LogP contribution is -1.94. The molecule has 0 amide bonds. The molecule has 0 spiro atoms. The normalized spacial score (nSPS) is 10.9. The minimum absolute atomic E-state index is 0.0752. The molecule has 0 aromatic heterocycles. The molecule has 0 nitrogen and oxygen atoms in total. The summed E-state index contributed by atoms with van der Waals surface area (Å²) < 4.78 is 0. The Morgan fingerprint density at radius 2 is 1.20 bits per heavy atom. The second-order valence-electron chi connectivity index (χ2n) is 5.39. The van der Waals surface area contributed by atoms with Gasteiger partial charge in [0, 0.05) is 0 Å². The molecule has 2 rings (SSSR count). The lowest BCUT2D eigenvalue weighted by atomic mass is 10.2. The van der Waals surface area contributed by atoms with E-state index in [2.05, 4.69) is 67.6 Å². The molecule has 0 aliphatic carbocycles. The zero-order chi connectivity index (χ0) is 14.0. The van der Waals surface area contributed by atoms with Crippen molar-refractivity contribution in [1.82, 2.24) is 0 Å². The Bertz CT molecular complexity index is 422. The van der Waals surface area contributed by atoms with Crippen molar-refractivity contribution in [3.8, 4) is 0 Å². The van der Waals surface area contributed by atoms with E-state index in [9.17, 15) is 0 Å². The van der Waals surface area contributed by atoms with Crippen LogP contribution in [0.2, 0.25) is 0 Å². The first-order chi connectivity index (χ1) is 9.88. The number of unbranched alkanes of at least 4 members (excludes halogenated alkanes) is 2. The highest BCUT2D eigenvalue weighted by molar-refractivity contribution is 7.56. The molecule has 2 aromatic carbocycles. The summed E-state index contributed by atoms with van der Waals surface area (Å²) in [4.78, 5) is 0. The molecule has 0 radical (unpaired) electrons. The van der Waals surface area contributed by atoms with Crippen molar-refractivity contribution in [2.45, 2.75) is 38.5 Å². The van der Waals surface area contributed by atoms with Crippen LogP contribution in [0.3, 0.4) is 0 Å². The fourth-order valence-electron chi connectivity index (χ4n) is 2.48. The highest BCUT2D eigenvalue weighted by atomic mass is 31.1. The third-order valence-corrected chi connectivity index (χ3v) is 6.15. The summed E-state index contributed by atoms with van der Waals surface area (Å²) in [6.07, 6.45) is 8.04. The highest BCUT2D eigenvalue weighted by Crippen LogP contribution is 2.44. The molecule has 2 aromatic rings. The van der Waals surface area contributed by atoms with E-state index in [4.69, 9.17) is 0 Å². The maximum Gasteiger partial charge on any atom is -0.00701 e. The molecular formula is C19H25P. The first-order valence-electron chi connectivity index (χ1n) is 7.68. The predicted octanol–water partition coefficient (Wildman–Crippen LogP) is 6.06. The average Bonchev–Trinajstić information content (AvgIpc) is 2.49. The van der Waals surface area contributed by atoms with Crippen LogP contribution in [0.25, 0.3) is 0 Å². The summed E-state index contributed by atoms with van der Waals surface area (Å²) in [5.74, 6) is 0. The second-order valence-corrected chi connectivity index (χ2v) is 7.81. The van der Waals surface area contributed by atoms with Gasteiger partial charge >= 0.3 is 0 Å². The van der Waals surface area contributed by atoms with Gasteiger partial charge < -0.3 is 0 Å². The Balaban J connectivity index is 1.96. The molecule has 0 saturated carbocycles. The van der Waals surface area contributed by atoms with Gasteiger partial charge in [-0.3, -0.25) is 0 Å². The van der Waals surface area contributed by atoms with E-state index in [0.717, 1.165) is 0 Å². The largest absolute Gasteiger partial charge is 0.0977 e. The Morgan fingerprint density at radius 1 is 0.700 bits per heavy atom. The second kappa shape index (κ2) is 8.93. The van der Waals surface area contributed by atoms with Crippen molar-refractivity contribution in [3.05, 3.63) is 71.8 Å². The van der Waals surface area contributed by atoms with E-state index in [1.165, 1.54) is 48.9 Å². The molecule has 0 aliphatic rings. The molecule has 0 N–H and O–H groups in total. The monoisotopic (exact) mass is 284 g/mol. The van der Waals surface area contributed by atoms with E-state index in [-0.39, 0.29) is 7.92 Å². The molecule has 0 atom stereocenters. The van der Waals surface area contributed by atoms with Crippen LogP contribution in [0.15, 0.2) is 60.7 Å². The van der Waals surface area contributed by atoms with Crippen LogP contribution in [0, 0.1) is 0 Å². The van der Waals surface area contributed by atoms with Gasteiger partial charge in [-0.05, 0) is 36.0 Å². The first-order valence-corrected chi connectivity index (χ1v) is 9.58. The van der Waals surface area contributed by atoms with Gasteiger partial charge in [-0.15, -0.1) is 0 Å². The summed E-state index contributed by atoms with van der Waals surface area (Å²) in [7, 11) is 0.0752. The van der Waals surface area contributed by atoms with Gasteiger partial charge in [0.25, 0.3) is 0 Å². The Morgan fingerprint density at radius 3 is 1.65 bits per heavy atom. The minimum atomic E-state index is 0.0752. The van der Waals surface area contributed by atoms with Gasteiger partial charge in [0.05, 0.1) is 0 Å². The number of hydrogen-bond donors (Lipinski definition) is 0. The number of rotatable bonds is 8. The first kappa shape index (κ1) is 15.3. The molecule has 0 heterocycles. The van der Waals surface area contributed by atoms with E-state index in [0.29, 0.717) is 0 Å². The highest BCUT2D eigenvalue weighted by Gasteiger charge is 2.09. The van der Waals surface area contributed by atoms with Gasteiger partial charge in [0.2, 0.25) is 0 Å². The quantitative estimate of drug-likeness (QED) is 0.408. The van der Waals surface area contributed by atoms with Crippen molar-refractivity contribution < 1.29 is 0 Å². The average molecular weight is 284 g/mol. The topological polar surface area (TPSA) is 0 Å². The molecule has 0 unspecified atom stereocenters. The summed E-state index contributed by atoms with van der Waals surface area (Å²) in [5, 5.41) is 0. The predicted molar refractivity (Wildman–Crippen MR) is 91.6 cm³/mol. The zero-order valence-electron chi connectivity index (χ0n) is 12.5. The molecule has 20 heavy (non-hydrogen) atoms. The molecule has 106 valence electrons. The van der Waals surface area contributed by atoms with E-state index >= 15 is 0 Å². The van der Waals surface area contributed by atoms with Crippen LogP contribution in [0.1, 0.15) is 37.3 Å². The van der Waals surface area contributed by atoms with Gasteiger partial charge in [0.15, 0.2) is 0 Å². The SMILES string of the molecule is CCCCCP(Cc1ccccc1)Cc1ccccc1. The molecular weight excluding hydrogens is 259 g/mol. The van der Waals surface area contributed by atoms with Crippen molar-refractivity contribution in [2.24, 2.45) is 0 Å². The zero-order valence-corrected chi connectivity index (χ0v) is 13.4. The van der Waals surface area contributed by atoms with Gasteiger partial charge in [0.1, 0.15) is 0 Å². The van der Waals surface area contributed by atoms with Crippen molar-refractivity contribution in [3.63, 3.8) is 0 Å². The van der Waals surface area contributed by atoms with Gasteiger partial charge in [-0.2, -0.15) is 0 Å². The molecule has 0 bridgehead atoms. The standard InChI is InChI=1S/C19H25P/c1-2-3-10-15-20(16-18-11-6-4-7-12-18)17-19-13-8-5-9-14-19/h4-9,11-14H,2-3,10,15-17H2,1H3. The third kappa shape index (κ3) is 5.47. The van der Waals surface area contributed by atoms with Crippen LogP contribution in [-0.4, -0.2) is 6.16 Å². The van der Waals surface area contributed by atoms with Gasteiger partial charge in [-0.25, -0.2) is 0 Å². The Kier molecular flexibility index (Phi) is 6.81. The lowest BCUT2D eigenvalue weighted by molar-refractivity contribution is 0.774. The van der Waals surface area contributed by atoms with Crippen molar-refractivity contribution >= 4 is 7.92 Å². The van der Waals surface area contributed by atoms with E-state index in [1.54, 1.807) is 0 Å². The summed E-state index contributed by atoms with van der Waals surface area (Å²) in [5.41, 5.74) is 3.01. The summed E-state index contributed by atoms with van der Waals surface area (Å²) in [6.45, 7) is 2.29. The van der Waals surface area contributed by atoms with Crippen LogP contribution in [-0.2, 0) is 12.3 Å². The maximum absolute atomic E-state index is 2.29. The Labute approximate surface area is 125 Å². The number of benzene rings is 2. The third-order valence-electron chi connectivity index (χ3n) is 3.58. The fourth-order valence-corrected chi connectivity index (χ4v) is 5.04. The van der Waals surface area contributed by atoms with Crippen LogP contribution >= 0.6 is 7.92 Å². The van der Waals surface area contributed by atoms with Crippen molar-refractivity contribution in [1.29, 1.82) is 0 Å². The molecule has 0 fully saturated rings. The van der Waals surface area contributed by atoms with Crippen LogP contribution in [0.4, 0.5) is 0 Å². The molecule has 0 saturated heterocycles. The van der Waals surface area contributed by atoms with Gasteiger partial charge in [-0.1, -0.05) is 88.4 Å². The smallest absolute Gasteiger partial charge is 0.00701 e. The number of hydrogen-bond acceptors (Lipinski definition) is 0.